The molecule has 1 unspecified atom stereocenters. The Morgan fingerprint density at radius 3 is 1.18 bits per heavy atom. The molecule has 0 aliphatic carbocycles. The highest BCUT2D eigenvalue weighted by molar-refractivity contribution is 6.62. The molecule has 0 spiro atoms. The van der Waals surface area contributed by atoms with Crippen molar-refractivity contribution >= 4 is 8.80 Å². The normalized spacial score (nSPS) is 15.0. The summed E-state index contributed by atoms with van der Waals surface area (Å²) in [6, 6.07) is 0. The van der Waals surface area contributed by atoms with Gasteiger partial charge in [0.05, 0.1) is 0 Å². The van der Waals surface area contributed by atoms with Crippen LogP contribution < -0.4 is 0 Å². The van der Waals surface area contributed by atoms with Crippen LogP contribution in [0.5, 0.6) is 0 Å². The first-order chi connectivity index (χ1) is 7.73. The van der Waals surface area contributed by atoms with Crippen molar-refractivity contribution in [1.29, 1.82) is 0 Å². The van der Waals surface area contributed by atoms with Gasteiger partial charge in [0.2, 0.25) is 0 Å². The molecule has 1 atom stereocenters. The van der Waals surface area contributed by atoms with Crippen LogP contribution in [0.3, 0.4) is 0 Å². The van der Waals surface area contributed by atoms with Crippen LogP contribution in [-0.4, -0.2) is 27.1 Å². The van der Waals surface area contributed by atoms with Gasteiger partial charge in [0.25, 0.3) is 0 Å². The average molecular weight is 262 g/mol. The average Bonchev–Trinajstić information content (AvgIpc) is 2.12. The smallest absolute Gasteiger partial charge is 0.371 e. The molecule has 104 valence electrons. The fraction of sp³-hybridized carbons (Fsp3) is 1.00. The zero-order chi connectivity index (χ0) is 13.6. The van der Waals surface area contributed by atoms with Gasteiger partial charge in [0, 0.05) is 23.9 Å². The summed E-state index contributed by atoms with van der Waals surface area (Å²) in [6.07, 6.45) is 1.41. The number of hydrogen-bond donors (Lipinski definition) is 0. The lowest BCUT2D eigenvalue weighted by Gasteiger charge is -2.38. The van der Waals surface area contributed by atoms with Gasteiger partial charge < -0.3 is 13.3 Å². The standard InChI is InChI=1S/C13H30O3Si/c1-9-13(8)17(14-10(2)3,15-11(4)5)16-12(6)7/h10-13H,9H2,1-8H3. The predicted molar refractivity (Wildman–Crippen MR) is 74.1 cm³/mol. The molecular weight excluding hydrogens is 232 g/mol. The van der Waals surface area contributed by atoms with Gasteiger partial charge in [0.1, 0.15) is 0 Å². The van der Waals surface area contributed by atoms with Crippen LogP contribution in [0.15, 0.2) is 0 Å². The second kappa shape index (κ2) is 7.51. The van der Waals surface area contributed by atoms with E-state index in [1.165, 1.54) is 0 Å². The Hall–Kier alpha value is 0.0969. The largest absolute Gasteiger partial charge is 0.504 e. The Morgan fingerprint density at radius 1 is 0.706 bits per heavy atom. The maximum absolute atomic E-state index is 6.11. The fourth-order valence-corrected chi connectivity index (χ4v) is 5.00. The van der Waals surface area contributed by atoms with E-state index in [1.54, 1.807) is 0 Å². The monoisotopic (exact) mass is 262 g/mol. The summed E-state index contributed by atoms with van der Waals surface area (Å²) in [6.45, 7) is 16.6. The highest BCUT2D eigenvalue weighted by Crippen LogP contribution is 2.31. The third kappa shape index (κ3) is 6.00. The van der Waals surface area contributed by atoms with E-state index in [4.69, 9.17) is 13.3 Å². The maximum Gasteiger partial charge on any atom is 0.504 e. The molecule has 0 rings (SSSR count). The SMILES string of the molecule is CCC(C)[Si](OC(C)C)(OC(C)C)OC(C)C. The third-order valence-corrected chi connectivity index (χ3v) is 6.43. The molecule has 0 aliphatic heterocycles. The molecule has 17 heavy (non-hydrogen) atoms. The highest BCUT2D eigenvalue weighted by atomic mass is 28.4. The molecule has 0 aromatic heterocycles. The Morgan fingerprint density at radius 2 is 1.00 bits per heavy atom. The summed E-state index contributed by atoms with van der Waals surface area (Å²) in [5.41, 5.74) is 0.328. The molecule has 0 bridgehead atoms. The molecule has 0 N–H and O–H groups in total. The van der Waals surface area contributed by atoms with Gasteiger partial charge in [-0.15, -0.1) is 0 Å². The molecule has 0 aliphatic rings. The Kier molecular flexibility index (Phi) is 7.56. The third-order valence-electron chi connectivity index (χ3n) is 2.42. The molecule has 4 heteroatoms. The predicted octanol–water partition coefficient (Wildman–Crippen LogP) is 4.00. The Labute approximate surface area is 108 Å². The van der Waals surface area contributed by atoms with Crippen LogP contribution >= 0.6 is 0 Å². The fourth-order valence-electron chi connectivity index (χ4n) is 1.67. The molecule has 0 aromatic rings. The minimum atomic E-state index is -2.59. The molecule has 0 heterocycles. The van der Waals surface area contributed by atoms with Gasteiger partial charge in [-0.1, -0.05) is 13.8 Å². The van der Waals surface area contributed by atoms with Crippen molar-refractivity contribution in [1.82, 2.24) is 0 Å². The minimum absolute atomic E-state index is 0.133. The van der Waals surface area contributed by atoms with Crippen LogP contribution in [-0.2, 0) is 13.3 Å². The van der Waals surface area contributed by atoms with Gasteiger partial charge in [-0.3, -0.25) is 0 Å². The van der Waals surface area contributed by atoms with E-state index in [9.17, 15) is 0 Å². The van der Waals surface area contributed by atoms with Crippen molar-refractivity contribution in [2.75, 3.05) is 0 Å². The van der Waals surface area contributed by atoms with E-state index in [-0.39, 0.29) is 18.3 Å². The van der Waals surface area contributed by atoms with E-state index in [1.807, 2.05) is 41.5 Å². The molecule has 0 saturated heterocycles. The van der Waals surface area contributed by atoms with Crippen LogP contribution in [0.2, 0.25) is 5.54 Å². The second-order valence-electron chi connectivity index (χ2n) is 5.41. The molecule has 0 radical (unpaired) electrons. The summed E-state index contributed by atoms with van der Waals surface area (Å²) < 4.78 is 18.3. The minimum Gasteiger partial charge on any atom is -0.371 e. The summed E-state index contributed by atoms with van der Waals surface area (Å²) in [7, 11) is -2.59. The Balaban J connectivity index is 5.04. The molecular formula is C13H30O3Si. The summed E-state index contributed by atoms with van der Waals surface area (Å²) in [5.74, 6) is 0. The Bertz CT molecular complexity index is 178. The molecule has 0 aromatic carbocycles. The van der Waals surface area contributed by atoms with Crippen molar-refractivity contribution in [3.05, 3.63) is 0 Å². The highest BCUT2D eigenvalue weighted by Gasteiger charge is 2.48. The molecule has 0 saturated carbocycles. The molecule has 0 fully saturated rings. The molecule has 0 amide bonds. The van der Waals surface area contributed by atoms with E-state index < -0.39 is 8.80 Å². The zero-order valence-corrected chi connectivity index (χ0v) is 13.7. The lowest BCUT2D eigenvalue weighted by Crippen LogP contribution is -2.53. The van der Waals surface area contributed by atoms with E-state index in [0.717, 1.165) is 6.42 Å². The van der Waals surface area contributed by atoms with Gasteiger partial charge >= 0.3 is 8.80 Å². The number of rotatable bonds is 8. The van der Waals surface area contributed by atoms with Crippen LogP contribution in [0.1, 0.15) is 61.8 Å². The lowest BCUT2D eigenvalue weighted by molar-refractivity contribution is -0.00410. The lowest BCUT2D eigenvalue weighted by atomic mass is 10.4. The molecule has 3 nitrogen and oxygen atoms in total. The second-order valence-corrected chi connectivity index (χ2v) is 8.31. The van der Waals surface area contributed by atoms with Crippen molar-refractivity contribution < 1.29 is 13.3 Å². The van der Waals surface area contributed by atoms with Crippen LogP contribution in [0.4, 0.5) is 0 Å². The van der Waals surface area contributed by atoms with Crippen molar-refractivity contribution in [2.45, 2.75) is 85.7 Å². The van der Waals surface area contributed by atoms with Crippen LogP contribution in [0, 0.1) is 0 Å². The topological polar surface area (TPSA) is 27.7 Å². The van der Waals surface area contributed by atoms with Gasteiger partial charge in [-0.05, 0) is 48.0 Å². The van der Waals surface area contributed by atoms with Gasteiger partial charge in [0.15, 0.2) is 0 Å². The zero-order valence-electron chi connectivity index (χ0n) is 12.7. The van der Waals surface area contributed by atoms with Gasteiger partial charge in [-0.25, -0.2) is 0 Å². The van der Waals surface area contributed by atoms with Crippen molar-refractivity contribution in [3.8, 4) is 0 Å². The van der Waals surface area contributed by atoms with Crippen LogP contribution in [0.25, 0.3) is 0 Å². The van der Waals surface area contributed by atoms with E-state index >= 15 is 0 Å². The van der Waals surface area contributed by atoms with Crippen molar-refractivity contribution in [2.24, 2.45) is 0 Å². The first kappa shape index (κ1) is 17.1. The van der Waals surface area contributed by atoms with Gasteiger partial charge in [-0.2, -0.15) is 0 Å². The summed E-state index contributed by atoms with van der Waals surface area (Å²) in [5, 5.41) is 0. The number of hydrogen-bond acceptors (Lipinski definition) is 3. The summed E-state index contributed by atoms with van der Waals surface area (Å²) >= 11 is 0. The maximum atomic E-state index is 6.11. The first-order valence-corrected chi connectivity index (χ1v) is 8.57. The first-order valence-electron chi connectivity index (χ1n) is 6.76. The van der Waals surface area contributed by atoms with E-state index in [2.05, 4.69) is 13.8 Å². The quantitative estimate of drug-likeness (QED) is 0.619. The summed E-state index contributed by atoms with van der Waals surface area (Å²) in [4.78, 5) is 0. The van der Waals surface area contributed by atoms with E-state index in [0.29, 0.717) is 5.54 Å². The van der Waals surface area contributed by atoms with Crippen molar-refractivity contribution in [3.63, 3.8) is 0 Å².